The highest BCUT2D eigenvalue weighted by Crippen LogP contribution is 2.26. The second kappa shape index (κ2) is 10.7. The summed E-state index contributed by atoms with van der Waals surface area (Å²) in [6.45, 7) is 1.52. The third-order valence-corrected chi connectivity index (χ3v) is 6.53. The lowest BCUT2D eigenvalue weighted by Gasteiger charge is -2.34. The fourth-order valence-corrected chi connectivity index (χ4v) is 4.50. The summed E-state index contributed by atoms with van der Waals surface area (Å²) in [5.74, 6) is -2.40. The van der Waals surface area contributed by atoms with E-state index in [2.05, 4.69) is 10.3 Å². The molecule has 2 aromatic carbocycles. The van der Waals surface area contributed by atoms with Gasteiger partial charge in [0.2, 0.25) is 0 Å². The SMILES string of the molecule is Nc1nccc2cc(NC(=O)C(O)C3OCCN(c4ccc(F)c(C(=O)N5CCOCC5)c4)C3=O)ccc12. The van der Waals surface area contributed by atoms with Gasteiger partial charge in [0.1, 0.15) is 11.6 Å². The van der Waals surface area contributed by atoms with Crippen LogP contribution in [0.4, 0.5) is 21.6 Å². The van der Waals surface area contributed by atoms with Crippen molar-refractivity contribution in [3.8, 4) is 0 Å². The molecule has 2 atom stereocenters. The number of ether oxygens (including phenoxy) is 2. The summed E-state index contributed by atoms with van der Waals surface area (Å²) in [7, 11) is 0. The van der Waals surface area contributed by atoms with E-state index in [0.29, 0.717) is 43.2 Å². The van der Waals surface area contributed by atoms with E-state index < -0.39 is 35.7 Å². The van der Waals surface area contributed by atoms with Gasteiger partial charge in [-0.15, -0.1) is 0 Å². The maximum absolute atomic E-state index is 14.6. The Morgan fingerprint density at radius 1 is 1.11 bits per heavy atom. The van der Waals surface area contributed by atoms with E-state index in [9.17, 15) is 23.9 Å². The minimum absolute atomic E-state index is 0.0210. The van der Waals surface area contributed by atoms with Crippen molar-refractivity contribution in [1.82, 2.24) is 9.88 Å². The number of morpholine rings is 2. The lowest BCUT2D eigenvalue weighted by atomic mass is 10.1. The molecule has 3 amide bonds. The molecule has 0 bridgehead atoms. The zero-order valence-electron chi connectivity index (χ0n) is 20.3. The van der Waals surface area contributed by atoms with Gasteiger partial charge in [-0.3, -0.25) is 14.4 Å². The summed E-state index contributed by atoms with van der Waals surface area (Å²) in [6.07, 6.45) is -1.78. The van der Waals surface area contributed by atoms with Gasteiger partial charge in [-0.05, 0) is 47.9 Å². The summed E-state index contributed by atoms with van der Waals surface area (Å²) >= 11 is 0. The van der Waals surface area contributed by atoms with Gasteiger partial charge in [0.25, 0.3) is 17.7 Å². The number of halogens is 1. The molecule has 2 aliphatic rings. The van der Waals surface area contributed by atoms with Crippen molar-refractivity contribution in [2.45, 2.75) is 12.2 Å². The van der Waals surface area contributed by atoms with Gasteiger partial charge in [-0.1, -0.05) is 0 Å². The Morgan fingerprint density at radius 3 is 2.68 bits per heavy atom. The Morgan fingerprint density at radius 2 is 1.89 bits per heavy atom. The zero-order valence-corrected chi connectivity index (χ0v) is 20.3. The molecule has 11 nitrogen and oxygen atoms in total. The fourth-order valence-electron chi connectivity index (χ4n) is 4.50. The summed E-state index contributed by atoms with van der Waals surface area (Å²) in [4.78, 5) is 45.7. The highest BCUT2D eigenvalue weighted by atomic mass is 19.1. The van der Waals surface area contributed by atoms with Gasteiger partial charge >= 0.3 is 0 Å². The quantitative estimate of drug-likeness (QED) is 0.452. The molecule has 2 aliphatic heterocycles. The fraction of sp³-hybridized carbons (Fsp3) is 0.308. The van der Waals surface area contributed by atoms with Crippen LogP contribution in [-0.4, -0.2) is 84.4 Å². The van der Waals surface area contributed by atoms with Crippen LogP contribution >= 0.6 is 0 Å². The van der Waals surface area contributed by atoms with Crippen LogP contribution in [0.5, 0.6) is 0 Å². The van der Waals surface area contributed by atoms with Crippen molar-refractivity contribution in [2.24, 2.45) is 0 Å². The van der Waals surface area contributed by atoms with Gasteiger partial charge in [0.15, 0.2) is 12.2 Å². The maximum Gasteiger partial charge on any atom is 0.259 e. The van der Waals surface area contributed by atoms with Crippen LogP contribution < -0.4 is 16.0 Å². The van der Waals surface area contributed by atoms with Crippen molar-refractivity contribution in [1.29, 1.82) is 0 Å². The molecule has 3 aromatic rings. The third kappa shape index (κ3) is 5.01. The summed E-state index contributed by atoms with van der Waals surface area (Å²) < 4.78 is 25.3. The molecule has 0 radical (unpaired) electrons. The second-order valence-electron chi connectivity index (χ2n) is 8.92. The van der Waals surface area contributed by atoms with Gasteiger partial charge in [-0.2, -0.15) is 0 Å². The summed E-state index contributed by atoms with van der Waals surface area (Å²) in [5, 5.41) is 14.7. The number of hydrogen-bond acceptors (Lipinski definition) is 8. The van der Waals surface area contributed by atoms with Gasteiger partial charge in [0.05, 0.1) is 25.4 Å². The van der Waals surface area contributed by atoms with Crippen LogP contribution in [0.15, 0.2) is 48.7 Å². The first-order valence-corrected chi connectivity index (χ1v) is 12.1. The Labute approximate surface area is 216 Å². The van der Waals surface area contributed by atoms with Crippen molar-refractivity contribution in [2.75, 3.05) is 55.4 Å². The molecule has 0 saturated carbocycles. The third-order valence-electron chi connectivity index (χ3n) is 6.53. The van der Waals surface area contributed by atoms with E-state index in [0.717, 1.165) is 11.5 Å². The number of benzene rings is 2. The molecule has 5 rings (SSSR count). The Bertz CT molecular complexity index is 1400. The number of amides is 3. The number of carbonyl (C=O) groups is 3. The maximum atomic E-state index is 14.6. The highest BCUT2D eigenvalue weighted by Gasteiger charge is 2.39. The number of hydrogen-bond donors (Lipinski definition) is 3. The van der Waals surface area contributed by atoms with Crippen LogP contribution in [0.3, 0.4) is 0 Å². The van der Waals surface area contributed by atoms with Crippen LogP contribution in [0.1, 0.15) is 10.4 Å². The molecule has 2 fully saturated rings. The lowest BCUT2D eigenvalue weighted by molar-refractivity contribution is -0.150. The number of pyridine rings is 1. The van der Waals surface area contributed by atoms with Gasteiger partial charge in [-0.25, -0.2) is 9.37 Å². The topological polar surface area (TPSA) is 147 Å². The lowest BCUT2D eigenvalue weighted by Crippen LogP contribution is -2.55. The number of anilines is 3. The molecule has 198 valence electrons. The van der Waals surface area contributed by atoms with E-state index in [-0.39, 0.29) is 24.4 Å². The molecule has 0 spiro atoms. The van der Waals surface area contributed by atoms with Crippen molar-refractivity contribution in [3.63, 3.8) is 0 Å². The average Bonchev–Trinajstić information content (AvgIpc) is 2.93. The number of nitrogen functional groups attached to an aromatic ring is 1. The van der Waals surface area contributed by atoms with Crippen molar-refractivity contribution >= 4 is 45.7 Å². The monoisotopic (exact) mass is 523 g/mol. The first kappa shape index (κ1) is 25.5. The zero-order chi connectivity index (χ0) is 26.8. The highest BCUT2D eigenvalue weighted by molar-refractivity contribution is 6.05. The Kier molecular flexibility index (Phi) is 7.18. The largest absolute Gasteiger partial charge is 0.383 e. The number of aliphatic hydroxyl groups excluding tert-OH is 1. The minimum atomic E-state index is -1.82. The standard InChI is InChI=1S/C26H26FN5O6/c27-20-4-2-17(14-19(20)25(35)31-7-10-37-11-8-31)32-9-12-38-22(26(32)36)21(33)24(34)30-16-1-3-18-15(13-16)5-6-29-23(18)28/h1-6,13-14,21-22,33H,7-12H2,(H2,28,29)(H,30,34). The minimum Gasteiger partial charge on any atom is -0.383 e. The molecule has 3 heterocycles. The van der Waals surface area contributed by atoms with Crippen molar-refractivity contribution < 1.29 is 33.4 Å². The number of nitrogens with one attached hydrogen (secondary N) is 1. The number of fused-ring (bicyclic) bond motifs is 1. The predicted octanol–water partition coefficient (Wildman–Crippen LogP) is 1.16. The molecule has 12 heteroatoms. The van der Waals surface area contributed by atoms with E-state index >= 15 is 0 Å². The first-order valence-electron chi connectivity index (χ1n) is 12.1. The molecule has 4 N–H and O–H groups in total. The van der Waals surface area contributed by atoms with E-state index in [1.807, 2.05) is 0 Å². The molecule has 38 heavy (non-hydrogen) atoms. The van der Waals surface area contributed by atoms with Crippen LogP contribution in [0.2, 0.25) is 0 Å². The summed E-state index contributed by atoms with van der Waals surface area (Å²) in [5.41, 5.74) is 6.33. The number of aliphatic hydroxyl groups is 1. The second-order valence-corrected chi connectivity index (χ2v) is 8.92. The first-order chi connectivity index (χ1) is 18.3. The normalized spacial score (nSPS) is 18.9. The van der Waals surface area contributed by atoms with Gasteiger partial charge in [0, 0.05) is 42.6 Å². The van der Waals surface area contributed by atoms with Crippen LogP contribution in [-0.2, 0) is 19.1 Å². The number of rotatable bonds is 5. The predicted molar refractivity (Wildman–Crippen MR) is 136 cm³/mol. The molecule has 0 aliphatic carbocycles. The average molecular weight is 524 g/mol. The van der Waals surface area contributed by atoms with E-state index in [1.54, 1.807) is 24.3 Å². The molecule has 2 saturated heterocycles. The van der Waals surface area contributed by atoms with Crippen LogP contribution in [0, 0.1) is 5.82 Å². The van der Waals surface area contributed by atoms with E-state index in [1.165, 1.54) is 28.1 Å². The van der Waals surface area contributed by atoms with Crippen LogP contribution in [0.25, 0.3) is 10.8 Å². The van der Waals surface area contributed by atoms with E-state index in [4.69, 9.17) is 15.2 Å². The molecule has 2 unspecified atom stereocenters. The molecular formula is C26H26FN5O6. The number of nitrogens with two attached hydrogens (primary N) is 1. The molecule has 1 aromatic heterocycles. The summed E-state index contributed by atoms with van der Waals surface area (Å²) in [6, 6.07) is 10.5. The van der Waals surface area contributed by atoms with Gasteiger partial charge < -0.3 is 35.4 Å². The Hall–Kier alpha value is -4.13. The smallest absolute Gasteiger partial charge is 0.259 e. The number of nitrogens with zero attached hydrogens (tertiary/aromatic N) is 3. The van der Waals surface area contributed by atoms with Crippen molar-refractivity contribution in [3.05, 3.63) is 60.0 Å². The number of carbonyl (C=O) groups excluding carboxylic acids is 3. The number of aromatic nitrogens is 1. The Balaban J connectivity index is 1.31. The molecular weight excluding hydrogens is 497 g/mol.